The second-order valence-electron chi connectivity index (χ2n) is 4.26. The summed E-state index contributed by atoms with van der Waals surface area (Å²) in [7, 11) is 0. The Balaban J connectivity index is 1.84. The minimum atomic E-state index is 0.813. The third-order valence-corrected chi connectivity index (χ3v) is 3.51. The molecule has 2 aliphatic rings. The number of hydrogen-bond donors (Lipinski definition) is 0. The predicted molar refractivity (Wildman–Crippen MR) is 49.2 cm³/mol. The van der Waals surface area contributed by atoms with Crippen LogP contribution in [0.25, 0.3) is 0 Å². The molecule has 0 radical (unpaired) electrons. The van der Waals surface area contributed by atoms with Crippen LogP contribution in [0.5, 0.6) is 0 Å². The molecule has 2 heteroatoms. The second kappa shape index (κ2) is 3.35. The van der Waals surface area contributed by atoms with E-state index in [2.05, 4.69) is 18.7 Å². The van der Waals surface area contributed by atoms with E-state index in [1.54, 1.807) is 0 Å². The van der Waals surface area contributed by atoms with E-state index >= 15 is 0 Å². The van der Waals surface area contributed by atoms with Crippen LogP contribution in [0, 0.1) is 5.92 Å². The molecule has 0 saturated carbocycles. The highest BCUT2D eigenvalue weighted by Crippen LogP contribution is 2.29. The molecule has 2 atom stereocenters. The third kappa shape index (κ3) is 1.38. The Labute approximate surface area is 74.9 Å². The summed E-state index contributed by atoms with van der Waals surface area (Å²) in [6.07, 6.45) is 2.49. The quantitative estimate of drug-likeness (QED) is 0.590. The van der Waals surface area contributed by atoms with Crippen LogP contribution in [-0.2, 0) is 4.74 Å². The Morgan fingerprint density at radius 1 is 1.17 bits per heavy atom. The third-order valence-electron chi connectivity index (χ3n) is 3.51. The molecule has 0 aromatic heterocycles. The van der Waals surface area contributed by atoms with E-state index in [0.717, 1.165) is 31.2 Å². The topological polar surface area (TPSA) is 12.5 Å². The van der Waals surface area contributed by atoms with E-state index in [-0.39, 0.29) is 0 Å². The summed E-state index contributed by atoms with van der Waals surface area (Å²) in [6, 6.07) is 1.64. The molecule has 0 N–H and O–H groups in total. The summed E-state index contributed by atoms with van der Waals surface area (Å²) in [6.45, 7) is 7.96. The minimum absolute atomic E-state index is 0.813. The molecule has 2 aliphatic heterocycles. The van der Waals surface area contributed by atoms with Gasteiger partial charge in [0, 0.05) is 31.8 Å². The van der Waals surface area contributed by atoms with Crippen LogP contribution in [0.1, 0.15) is 26.7 Å². The molecular weight excluding hydrogens is 150 g/mol. The van der Waals surface area contributed by atoms with E-state index in [1.165, 1.54) is 19.4 Å². The predicted octanol–water partition coefficient (Wildman–Crippen LogP) is 1.51. The largest absolute Gasteiger partial charge is 0.381 e. The molecule has 2 fully saturated rings. The Kier molecular flexibility index (Phi) is 2.37. The molecule has 0 aromatic rings. The molecule has 2 unspecified atom stereocenters. The lowest BCUT2D eigenvalue weighted by Gasteiger charge is -2.50. The fourth-order valence-electron chi connectivity index (χ4n) is 2.34. The van der Waals surface area contributed by atoms with Gasteiger partial charge in [-0.15, -0.1) is 0 Å². The van der Waals surface area contributed by atoms with Crippen LogP contribution < -0.4 is 0 Å². The van der Waals surface area contributed by atoms with Gasteiger partial charge in [0.1, 0.15) is 0 Å². The minimum Gasteiger partial charge on any atom is -0.381 e. The zero-order valence-corrected chi connectivity index (χ0v) is 8.12. The molecule has 0 amide bonds. The van der Waals surface area contributed by atoms with E-state index in [4.69, 9.17) is 4.74 Å². The lowest BCUT2D eigenvalue weighted by atomic mass is 9.88. The van der Waals surface area contributed by atoms with Gasteiger partial charge in [-0.3, -0.25) is 4.90 Å². The van der Waals surface area contributed by atoms with Crippen LogP contribution in [0.15, 0.2) is 0 Å². The van der Waals surface area contributed by atoms with Gasteiger partial charge in [-0.2, -0.15) is 0 Å². The monoisotopic (exact) mass is 169 g/mol. The van der Waals surface area contributed by atoms with Gasteiger partial charge >= 0.3 is 0 Å². The van der Waals surface area contributed by atoms with Gasteiger partial charge in [-0.05, 0) is 25.7 Å². The van der Waals surface area contributed by atoms with Crippen molar-refractivity contribution in [2.45, 2.75) is 38.8 Å². The smallest absolute Gasteiger partial charge is 0.0480 e. The number of hydrogen-bond acceptors (Lipinski definition) is 2. The zero-order chi connectivity index (χ0) is 8.55. The van der Waals surface area contributed by atoms with Crippen molar-refractivity contribution in [3.63, 3.8) is 0 Å². The normalized spacial score (nSPS) is 39.5. The van der Waals surface area contributed by atoms with Crippen molar-refractivity contribution in [3.05, 3.63) is 0 Å². The maximum absolute atomic E-state index is 5.35. The van der Waals surface area contributed by atoms with Gasteiger partial charge in [0.2, 0.25) is 0 Å². The fraction of sp³-hybridized carbons (Fsp3) is 1.00. The summed E-state index contributed by atoms with van der Waals surface area (Å²) in [5.41, 5.74) is 0. The first-order valence-corrected chi connectivity index (χ1v) is 5.12. The van der Waals surface area contributed by atoms with Crippen molar-refractivity contribution in [1.82, 2.24) is 4.90 Å². The maximum atomic E-state index is 5.35. The highest BCUT2D eigenvalue weighted by Gasteiger charge is 2.36. The lowest BCUT2D eigenvalue weighted by molar-refractivity contribution is -0.0483. The molecule has 2 saturated heterocycles. The van der Waals surface area contributed by atoms with Gasteiger partial charge in [-0.25, -0.2) is 0 Å². The van der Waals surface area contributed by atoms with Crippen molar-refractivity contribution in [3.8, 4) is 0 Å². The summed E-state index contributed by atoms with van der Waals surface area (Å²) in [5, 5.41) is 0. The Hall–Kier alpha value is -0.0800. The molecule has 70 valence electrons. The first-order valence-electron chi connectivity index (χ1n) is 5.12. The van der Waals surface area contributed by atoms with Gasteiger partial charge in [0.05, 0.1) is 0 Å². The SMILES string of the molecule is CC1CN(C2CCOCC2)C1C. The molecule has 0 aliphatic carbocycles. The van der Waals surface area contributed by atoms with Gasteiger partial charge in [-0.1, -0.05) is 6.92 Å². The first kappa shape index (κ1) is 8.52. The molecule has 2 rings (SSSR count). The number of nitrogens with zero attached hydrogens (tertiary/aromatic N) is 1. The molecule has 2 heterocycles. The van der Waals surface area contributed by atoms with Gasteiger partial charge < -0.3 is 4.74 Å². The Morgan fingerprint density at radius 2 is 1.83 bits per heavy atom. The summed E-state index contributed by atoms with van der Waals surface area (Å²) < 4.78 is 5.35. The molecule has 0 aromatic carbocycles. The van der Waals surface area contributed by atoms with Gasteiger partial charge in [0.15, 0.2) is 0 Å². The first-order chi connectivity index (χ1) is 5.79. The Bertz CT molecular complexity index is 151. The average molecular weight is 169 g/mol. The van der Waals surface area contributed by atoms with E-state index < -0.39 is 0 Å². The number of rotatable bonds is 1. The summed E-state index contributed by atoms with van der Waals surface area (Å²) in [5.74, 6) is 0.910. The maximum Gasteiger partial charge on any atom is 0.0480 e. The Morgan fingerprint density at radius 3 is 2.33 bits per heavy atom. The average Bonchev–Trinajstić information content (AvgIpc) is 2.15. The van der Waals surface area contributed by atoms with Gasteiger partial charge in [0.25, 0.3) is 0 Å². The highest BCUT2D eigenvalue weighted by atomic mass is 16.5. The van der Waals surface area contributed by atoms with E-state index in [9.17, 15) is 0 Å². The number of likely N-dealkylation sites (tertiary alicyclic amines) is 1. The highest BCUT2D eigenvalue weighted by molar-refractivity contribution is 4.91. The van der Waals surface area contributed by atoms with Crippen LogP contribution in [0.2, 0.25) is 0 Å². The summed E-state index contributed by atoms with van der Waals surface area (Å²) >= 11 is 0. The van der Waals surface area contributed by atoms with E-state index in [0.29, 0.717) is 0 Å². The van der Waals surface area contributed by atoms with Crippen LogP contribution >= 0.6 is 0 Å². The molecule has 12 heavy (non-hydrogen) atoms. The number of ether oxygens (including phenoxy) is 1. The lowest BCUT2D eigenvalue weighted by Crippen LogP contribution is -2.58. The van der Waals surface area contributed by atoms with Crippen molar-refractivity contribution in [2.75, 3.05) is 19.8 Å². The molecule has 2 nitrogen and oxygen atoms in total. The van der Waals surface area contributed by atoms with Crippen LogP contribution in [0.3, 0.4) is 0 Å². The zero-order valence-electron chi connectivity index (χ0n) is 8.12. The fourth-order valence-corrected chi connectivity index (χ4v) is 2.34. The summed E-state index contributed by atoms with van der Waals surface area (Å²) in [4.78, 5) is 2.65. The molecule has 0 bridgehead atoms. The molecule has 0 spiro atoms. The van der Waals surface area contributed by atoms with Crippen molar-refractivity contribution in [2.24, 2.45) is 5.92 Å². The van der Waals surface area contributed by atoms with Crippen molar-refractivity contribution in [1.29, 1.82) is 0 Å². The second-order valence-corrected chi connectivity index (χ2v) is 4.26. The molecular formula is C10H19NO. The van der Waals surface area contributed by atoms with Crippen LogP contribution in [-0.4, -0.2) is 36.7 Å². The van der Waals surface area contributed by atoms with E-state index in [1.807, 2.05) is 0 Å². The van der Waals surface area contributed by atoms with Crippen LogP contribution in [0.4, 0.5) is 0 Å². The van der Waals surface area contributed by atoms with Crippen molar-refractivity contribution >= 4 is 0 Å². The van der Waals surface area contributed by atoms with Crippen molar-refractivity contribution < 1.29 is 4.74 Å². The standard InChI is InChI=1S/C10H19NO/c1-8-7-11(9(8)2)10-3-5-12-6-4-10/h8-10H,3-7H2,1-2H3.